The molecule has 0 saturated carbocycles. The van der Waals surface area contributed by atoms with Crippen molar-refractivity contribution in [2.75, 3.05) is 11.5 Å². The fourth-order valence-electron chi connectivity index (χ4n) is 0.909. The maximum Gasteiger partial charge on any atom is 0.336 e. The zero-order valence-corrected chi connectivity index (χ0v) is 10.1. The van der Waals surface area contributed by atoms with E-state index >= 15 is 0 Å². The number of aromatic nitrogens is 2. The van der Waals surface area contributed by atoms with E-state index in [1.165, 1.54) is 6.07 Å². The van der Waals surface area contributed by atoms with Gasteiger partial charge in [0.05, 0.1) is 16.2 Å². The molecule has 92 valence electrons. The Hall–Kier alpha value is -0.900. The zero-order valence-electron chi connectivity index (χ0n) is 8.44. The third-order valence-electron chi connectivity index (χ3n) is 1.47. The quantitative estimate of drug-likeness (QED) is 0.394. The van der Waals surface area contributed by atoms with Crippen molar-refractivity contribution in [3.63, 3.8) is 0 Å². The van der Waals surface area contributed by atoms with Crippen molar-refractivity contribution in [1.82, 2.24) is 4.98 Å². The molecule has 0 aliphatic heterocycles. The molecule has 16 heavy (non-hydrogen) atoms. The summed E-state index contributed by atoms with van der Waals surface area (Å²) in [4.78, 5) is 16.3. The number of H-pyrrole nitrogens is 2. The van der Waals surface area contributed by atoms with E-state index in [1.54, 1.807) is 6.92 Å². The van der Waals surface area contributed by atoms with Crippen LogP contribution in [0.15, 0.2) is 16.0 Å². The molecule has 1 aromatic rings. The van der Waals surface area contributed by atoms with Crippen molar-refractivity contribution in [1.29, 1.82) is 0 Å². The first-order valence-corrected chi connectivity index (χ1v) is 6.63. The Morgan fingerprint density at radius 2 is 2.19 bits per heavy atom. The Kier molecular flexibility index (Phi) is 5.65. The van der Waals surface area contributed by atoms with E-state index in [0.717, 1.165) is 11.8 Å². The van der Waals surface area contributed by atoms with Crippen LogP contribution in [0.1, 0.15) is 5.69 Å². The first-order valence-electron chi connectivity index (χ1n) is 4.06. The number of aromatic amines is 2. The molecular formula is C7H12N2O5S2. The van der Waals surface area contributed by atoms with Gasteiger partial charge in [-0.05, 0) is 18.7 Å². The smallest absolute Gasteiger partial charge is 0.336 e. The second-order valence-electron chi connectivity index (χ2n) is 2.88. The Labute approximate surface area is 96.4 Å². The zero-order chi connectivity index (χ0) is 11.5. The van der Waals surface area contributed by atoms with Crippen LogP contribution in [0.3, 0.4) is 0 Å². The summed E-state index contributed by atoms with van der Waals surface area (Å²) in [5, 5.41) is 0.448. The van der Waals surface area contributed by atoms with Crippen LogP contribution in [-0.4, -0.2) is 34.9 Å². The van der Waals surface area contributed by atoms with Crippen molar-refractivity contribution < 1.29 is 23.4 Å². The number of hydrogen-bond acceptors (Lipinski definition) is 5. The third-order valence-corrected chi connectivity index (χ3v) is 3.34. The molecule has 0 amide bonds. The summed E-state index contributed by atoms with van der Waals surface area (Å²) < 4.78 is 30.9. The average molecular weight is 268 g/mol. The van der Waals surface area contributed by atoms with Crippen molar-refractivity contribution >= 4 is 21.9 Å². The Bertz CT molecular complexity index is 496. The van der Waals surface area contributed by atoms with Gasteiger partial charge in [-0.1, -0.05) is 0 Å². The molecule has 9 heteroatoms. The normalized spacial score (nSPS) is 10.9. The van der Waals surface area contributed by atoms with E-state index in [-0.39, 0.29) is 16.8 Å². The minimum absolute atomic E-state index is 0. The second-order valence-corrected chi connectivity index (χ2v) is 5.51. The predicted octanol–water partition coefficient (Wildman–Crippen LogP) is -1.69. The summed E-state index contributed by atoms with van der Waals surface area (Å²) in [6.45, 7) is 1.71. The predicted molar refractivity (Wildman–Crippen MR) is 57.3 cm³/mol. The molecule has 0 aromatic carbocycles. The van der Waals surface area contributed by atoms with Gasteiger partial charge in [-0.15, -0.1) is 0 Å². The van der Waals surface area contributed by atoms with Gasteiger partial charge in [0.15, 0.2) is 0 Å². The first kappa shape index (κ1) is 15.1. The highest BCUT2D eigenvalue weighted by Gasteiger charge is 2.06. The number of thioether (sulfide) groups is 1. The number of rotatable bonds is 4. The Balaban J connectivity index is 0.00000225. The van der Waals surface area contributed by atoms with Crippen molar-refractivity contribution in [2.45, 2.75) is 12.1 Å². The average Bonchev–Trinajstić information content (AvgIpc) is 1.99. The molecule has 4 N–H and O–H groups in total. The van der Waals surface area contributed by atoms with Crippen LogP contribution >= 0.6 is 11.8 Å². The summed E-state index contributed by atoms with van der Waals surface area (Å²) in [5.41, 5.74) is 0.407. The summed E-state index contributed by atoms with van der Waals surface area (Å²) in [6.07, 6.45) is 0. The van der Waals surface area contributed by atoms with Crippen LogP contribution in [0.25, 0.3) is 0 Å². The monoisotopic (exact) mass is 268 g/mol. The van der Waals surface area contributed by atoms with Crippen LogP contribution < -0.4 is 10.5 Å². The molecule has 0 aliphatic rings. The van der Waals surface area contributed by atoms with Gasteiger partial charge < -0.3 is 10.0 Å². The summed E-state index contributed by atoms with van der Waals surface area (Å²) in [7, 11) is -4.19. The second kappa shape index (κ2) is 5.99. The maximum atomic E-state index is 11.0. The van der Waals surface area contributed by atoms with Crippen LogP contribution in [0.4, 0.5) is 0 Å². The number of aryl methyl sites for hydroxylation is 1. The van der Waals surface area contributed by atoms with Crippen LogP contribution in [0.2, 0.25) is 0 Å². The van der Waals surface area contributed by atoms with E-state index in [2.05, 4.69) is 9.97 Å². The van der Waals surface area contributed by atoms with Gasteiger partial charge >= 0.3 is 10.7 Å². The highest BCUT2D eigenvalue weighted by molar-refractivity contribution is 8.00. The highest BCUT2D eigenvalue weighted by atomic mass is 32.2. The standard InChI is InChI=1S/C7H10N2O4S2.H2O/c1-5-4-6(10)9-7(8-5)14-2-3-15(11,12)13;/h4H,2-3H2,1H3,(H,8,9,10)(H,11,12,13);1H2. The topological polar surface area (TPSA) is 136 Å². The summed E-state index contributed by atoms with van der Waals surface area (Å²) >= 11 is 1.09. The Morgan fingerprint density at radius 1 is 1.56 bits per heavy atom. The molecule has 0 aliphatic carbocycles. The Morgan fingerprint density at radius 3 is 2.69 bits per heavy atom. The largest absolute Gasteiger partial charge is 0.748 e. The molecular weight excluding hydrogens is 256 g/mol. The summed E-state index contributed by atoms with van der Waals surface area (Å²) in [6, 6.07) is 1.38. The number of hydrogen-bond donors (Lipinski definition) is 1. The van der Waals surface area contributed by atoms with Gasteiger partial charge in [-0.3, -0.25) is 0 Å². The first-order chi connectivity index (χ1) is 6.87. The fourth-order valence-corrected chi connectivity index (χ4v) is 2.67. The lowest BCUT2D eigenvalue weighted by Gasteiger charge is -2.03. The van der Waals surface area contributed by atoms with E-state index < -0.39 is 15.9 Å². The SMILES string of the molecule is Cc1cc(=O)[nH]c(SCCS(=O)(=O)[O-])[nH+]1.O. The van der Waals surface area contributed by atoms with Gasteiger partial charge in [-0.25, -0.2) is 23.2 Å². The van der Waals surface area contributed by atoms with Crippen molar-refractivity contribution in [3.8, 4) is 0 Å². The van der Waals surface area contributed by atoms with Crippen LogP contribution in [0, 0.1) is 6.92 Å². The summed E-state index contributed by atoms with van der Waals surface area (Å²) in [5.74, 6) is -0.344. The lowest BCUT2D eigenvalue weighted by atomic mass is 10.5. The third kappa shape index (κ3) is 5.85. The molecule has 0 atom stereocenters. The van der Waals surface area contributed by atoms with E-state index in [4.69, 9.17) is 0 Å². The van der Waals surface area contributed by atoms with Crippen molar-refractivity contribution in [3.05, 3.63) is 22.1 Å². The molecule has 0 radical (unpaired) electrons. The van der Waals surface area contributed by atoms with Gasteiger partial charge in [0.2, 0.25) is 0 Å². The fraction of sp³-hybridized carbons (Fsp3) is 0.429. The van der Waals surface area contributed by atoms with Gasteiger partial charge in [-0.2, -0.15) is 0 Å². The molecule has 7 nitrogen and oxygen atoms in total. The molecule has 0 spiro atoms. The van der Waals surface area contributed by atoms with E-state index in [0.29, 0.717) is 10.9 Å². The van der Waals surface area contributed by atoms with Gasteiger partial charge in [0, 0.05) is 11.5 Å². The molecule has 0 bridgehead atoms. The molecule has 1 rings (SSSR count). The van der Waals surface area contributed by atoms with Crippen molar-refractivity contribution in [2.24, 2.45) is 0 Å². The molecule has 1 heterocycles. The maximum absolute atomic E-state index is 11.0. The lowest BCUT2D eigenvalue weighted by Crippen LogP contribution is -2.21. The molecule has 0 unspecified atom stereocenters. The van der Waals surface area contributed by atoms with E-state index in [1.807, 2.05) is 0 Å². The number of nitrogens with one attached hydrogen (secondary N) is 2. The van der Waals surface area contributed by atoms with E-state index in [9.17, 15) is 17.8 Å². The lowest BCUT2D eigenvalue weighted by molar-refractivity contribution is -0.442. The highest BCUT2D eigenvalue weighted by Crippen LogP contribution is 2.07. The van der Waals surface area contributed by atoms with Gasteiger partial charge in [0.1, 0.15) is 5.69 Å². The minimum Gasteiger partial charge on any atom is -0.748 e. The minimum atomic E-state index is -4.19. The van der Waals surface area contributed by atoms with Gasteiger partial charge in [0.25, 0.3) is 0 Å². The molecule has 1 aromatic heterocycles. The van der Waals surface area contributed by atoms with Crippen LogP contribution in [-0.2, 0) is 10.1 Å². The van der Waals surface area contributed by atoms with Crippen LogP contribution in [0.5, 0.6) is 0 Å². The molecule has 0 saturated heterocycles. The molecule has 0 fully saturated rings.